The van der Waals surface area contributed by atoms with E-state index in [9.17, 15) is 9.59 Å². The molecule has 0 amide bonds. The van der Waals surface area contributed by atoms with E-state index in [2.05, 4.69) is 0 Å². The van der Waals surface area contributed by atoms with Crippen LogP contribution in [0.2, 0.25) is 0 Å². The maximum absolute atomic E-state index is 10.4. The number of hydrogen-bond donors (Lipinski definition) is 4. The van der Waals surface area contributed by atoms with Gasteiger partial charge in [0, 0.05) is 0 Å². The second kappa shape index (κ2) is 7.16. The van der Waals surface area contributed by atoms with Crippen molar-refractivity contribution in [2.45, 2.75) is 0 Å². The van der Waals surface area contributed by atoms with Crippen molar-refractivity contribution < 1.29 is 92.0 Å². The van der Waals surface area contributed by atoms with Crippen LogP contribution in [0.25, 0.3) is 0 Å². The maximum atomic E-state index is 10.4. The van der Waals surface area contributed by atoms with Gasteiger partial charge in [-0.1, -0.05) is 0 Å². The van der Waals surface area contributed by atoms with Gasteiger partial charge in [0.25, 0.3) is 0 Å². The number of phenols is 2. The molecule has 0 aliphatic rings. The van der Waals surface area contributed by atoms with Crippen LogP contribution in [0.5, 0.6) is 11.5 Å². The number of aromatic hydroxyl groups is 2. The van der Waals surface area contributed by atoms with Crippen LogP contribution in [0.1, 0.15) is 23.6 Å². The van der Waals surface area contributed by atoms with Gasteiger partial charge in [-0.2, -0.15) is 0 Å². The molecular formula is C8H8Na2O6. The number of carboxylic acids is 2. The average molecular weight is 246 g/mol. The van der Waals surface area contributed by atoms with E-state index >= 15 is 0 Å². The molecule has 78 valence electrons. The predicted molar refractivity (Wildman–Crippen MR) is 45.9 cm³/mol. The Kier molecular flexibility index (Phi) is 8.11. The first-order valence-electron chi connectivity index (χ1n) is 3.46. The zero-order valence-electron chi connectivity index (χ0n) is 10.8. The Bertz CT molecular complexity index is 387. The Labute approximate surface area is 137 Å². The van der Waals surface area contributed by atoms with Crippen LogP contribution >= 0.6 is 0 Å². The molecule has 1 aromatic rings. The molecule has 0 saturated heterocycles. The van der Waals surface area contributed by atoms with Gasteiger partial charge in [-0.15, -0.1) is 0 Å². The van der Waals surface area contributed by atoms with Crippen molar-refractivity contribution in [1.82, 2.24) is 0 Å². The zero-order chi connectivity index (χ0) is 10.9. The van der Waals surface area contributed by atoms with Gasteiger partial charge in [-0.25, -0.2) is 9.59 Å². The van der Waals surface area contributed by atoms with Crippen LogP contribution in [0.15, 0.2) is 12.1 Å². The molecule has 0 spiro atoms. The quantitative estimate of drug-likeness (QED) is 0.306. The summed E-state index contributed by atoms with van der Waals surface area (Å²) in [6, 6.07) is 1.36. The van der Waals surface area contributed by atoms with E-state index in [1.807, 2.05) is 0 Å². The summed E-state index contributed by atoms with van der Waals surface area (Å²) in [6.07, 6.45) is 0. The molecule has 1 rings (SSSR count). The van der Waals surface area contributed by atoms with Gasteiger partial charge in [-0.3, -0.25) is 0 Å². The monoisotopic (exact) mass is 246 g/mol. The normalized spacial score (nSPS) is 8.50. The third-order valence-electron chi connectivity index (χ3n) is 1.57. The standard InChI is InChI=1S/C8H6O6.2Na.2H/c9-5-1-3(7(11)12)6(10)2-4(5)8(13)14;;;;/h1-2,9-10H,(H,11,12)(H,13,14);;;;/q;2*+1;2*-1. The molecule has 8 heteroatoms. The van der Waals surface area contributed by atoms with E-state index in [0.717, 1.165) is 0 Å². The first kappa shape index (κ1) is 18.1. The molecule has 0 aromatic heterocycles. The van der Waals surface area contributed by atoms with E-state index in [1.54, 1.807) is 0 Å². The molecule has 0 aliphatic carbocycles. The molecule has 0 unspecified atom stereocenters. The third-order valence-corrected chi connectivity index (χ3v) is 1.57. The van der Waals surface area contributed by atoms with Crippen molar-refractivity contribution in [2.24, 2.45) is 0 Å². The van der Waals surface area contributed by atoms with Crippen molar-refractivity contribution in [3.63, 3.8) is 0 Å². The zero-order valence-corrected chi connectivity index (χ0v) is 12.8. The van der Waals surface area contributed by atoms with Crippen LogP contribution in [0, 0.1) is 0 Å². The van der Waals surface area contributed by atoms with Crippen LogP contribution in [-0.4, -0.2) is 32.4 Å². The number of benzene rings is 1. The van der Waals surface area contributed by atoms with E-state index in [1.165, 1.54) is 0 Å². The smallest absolute Gasteiger partial charge is 1.00 e. The summed E-state index contributed by atoms with van der Waals surface area (Å²) < 4.78 is 0. The van der Waals surface area contributed by atoms with E-state index < -0.39 is 34.6 Å². The van der Waals surface area contributed by atoms with Crippen molar-refractivity contribution in [1.29, 1.82) is 0 Å². The van der Waals surface area contributed by atoms with Gasteiger partial charge < -0.3 is 23.3 Å². The van der Waals surface area contributed by atoms with Gasteiger partial charge in [0.15, 0.2) is 0 Å². The Morgan fingerprint density at radius 1 is 0.875 bits per heavy atom. The SMILES string of the molecule is O=C(O)c1cc(O)c(C(=O)O)cc1O.[H-].[H-].[Na+].[Na+]. The molecule has 0 aliphatic heterocycles. The fraction of sp³-hybridized carbons (Fsp3) is 0. The predicted octanol–water partition coefficient (Wildman–Crippen LogP) is -5.27. The maximum Gasteiger partial charge on any atom is 1.00 e. The van der Waals surface area contributed by atoms with E-state index in [-0.39, 0.29) is 62.0 Å². The first-order valence-corrected chi connectivity index (χ1v) is 3.46. The third kappa shape index (κ3) is 3.97. The van der Waals surface area contributed by atoms with Gasteiger partial charge >= 0.3 is 71.1 Å². The topological polar surface area (TPSA) is 115 Å². The van der Waals surface area contributed by atoms with Crippen LogP contribution in [-0.2, 0) is 0 Å². The molecule has 0 heterocycles. The van der Waals surface area contributed by atoms with Gasteiger partial charge in [-0.05, 0) is 12.1 Å². The summed E-state index contributed by atoms with van der Waals surface area (Å²) in [7, 11) is 0. The summed E-state index contributed by atoms with van der Waals surface area (Å²) in [4.78, 5) is 20.9. The average Bonchev–Trinajstić information content (AvgIpc) is 2.07. The fourth-order valence-corrected chi connectivity index (χ4v) is 0.919. The summed E-state index contributed by atoms with van der Waals surface area (Å²) in [5.74, 6) is -4.30. The number of carboxylic acid groups (broad SMARTS) is 2. The Morgan fingerprint density at radius 3 is 1.31 bits per heavy atom. The fourth-order valence-electron chi connectivity index (χ4n) is 0.919. The number of carbonyl (C=O) groups is 2. The van der Waals surface area contributed by atoms with Crippen LogP contribution in [0.3, 0.4) is 0 Å². The molecule has 0 radical (unpaired) electrons. The number of hydrogen-bond acceptors (Lipinski definition) is 4. The molecule has 0 fully saturated rings. The Balaban J connectivity index is -0.000000245. The summed E-state index contributed by atoms with van der Waals surface area (Å²) in [6.45, 7) is 0. The number of rotatable bonds is 2. The van der Waals surface area contributed by atoms with E-state index in [0.29, 0.717) is 12.1 Å². The second-order valence-corrected chi connectivity index (χ2v) is 2.50. The Morgan fingerprint density at radius 2 is 1.12 bits per heavy atom. The van der Waals surface area contributed by atoms with Gasteiger partial charge in [0.2, 0.25) is 0 Å². The summed E-state index contributed by atoms with van der Waals surface area (Å²) in [5.41, 5.74) is -1.10. The molecule has 0 bridgehead atoms. The van der Waals surface area contributed by atoms with Crippen molar-refractivity contribution in [3.05, 3.63) is 23.3 Å². The van der Waals surface area contributed by atoms with Crippen LogP contribution in [0.4, 0.5) is 0 Å². The molecule has 1 aromatic carbocycles. The minimum atomic E-state index is -1.45. The molecule has 0 atom stereocenters. The van der Waals surface area contributed by atoms with Gasteiger partial charge in [0.05, 0.1) is 0 Å². The molecular weight excluding hydrogens is 238 g/mol. The minimum Gasteiger partial charge on any atom is -1.00 e. The largest absolute Gasteiger partial charge is 1.00 e. The minimum absolute atomic E-state index is 0. The van der Waals surface area contributed by atoms with Crippen molar-refractivity contribution in [2.75, 3.05) is 0 Å². The Hall–Kier alpha value is -0.240. The second-order valence-electron chi connectivity index (χ2n) is 2.50. The van der Waals surface area contributed by atoms with E-state index in [4.69, 9.17) is 20.4 Å². The molecule has 16 heavy (non-hydrogen) atoms. The van der Waals surface area contributed by atoms with Crippen molar-refractivity contribution in [3.8, 4) is 11.5 Å². The number of aromatic carboxylic acids is 2. The molecule has 4 N–H and O–H groups in total. The molecule has 6 nitrogen and oxygen atoms in total. The van der Waals surface area contributed by atoms with Gasteiger partial charge in [0.1, 0.15) is 22.6 Å². The first-order chi connectivity index (χ1) is 6.43. The summed E-state index contributed by atoms with van der Waals surface area (Å²) >= 11 is 0. The molecule has 0 saturated carbocycles. The van der Waals surface area contributed by atoms with Crippen LogP contribution < -0.4 is 59.1 Å². The van der Waals surface area contributed by atoms with Crippen molar-refractivity contribution >= 4 is 11.9 Å². The summed E-state index contributed by atoms with van der Waals surface area (Å²) in [5, 5.41) is 35.2.